The van der Waals surface area contributed by atoms with Crippen LogP contribution in [-0.2, 0) is 6.42 Å². The van der Waals surface area contributed by atoms with Gasteiger partial charge in [-0.15, -0.1) is 0 Å². The molecule has 0 aliphatic carbocycles. The molecule has 0 saturated heterocycles. The molecule has 0 saturated carbocycles. The third-order valence-corrected chi connectivity index (χ3v) is 6.90. The molecule has 0 amide bonds. The van der Waals surface area contributed by atoms with Gasteiger partial charge in [0.15, 0.2) is 0 Å². The molecule has 0 fully saturated rings. The number of unbranched alkanes of at least 4 members (excludes halogenated alkanes) is 4. The Morgan fingerprint density at radius 1 is 0.677 bits per heavy atom. The van der Waals surface area contributed by atoms with Gasteiger partial charge in [-0.1, -0.05) is 107 Å². The molecule has 0 aromatic heterocycles. The van der Waals surface area contributed by atoms with Gasteiger partial charge in [0.05, 0.1) is 0 Å². The van der Waals surface area contributed by atoms with Crippen molar-refractivity contribution in [3.63, 3.8) is 0 Å². The van der Waals surface area contributed by atoms with E-state index in [1.54, 1.807) is 0 Å². The molecule has 3 rings (SSSR count). The number of rotatable bonds is 13. The van der Waals surface area contributed by atoms with Crippen molar-refractivity contribution in [2.24, 2.45) is 0 Å². The Kier molecular flexibility index (Phi) is 9.06. The Morgan fingerprint density at radius 3 is 1.68 bits per heavy atom. The fraction of sp³-hybridized carbons (Fsp3) is 0.517. The number of hydrogen-bond donors (Lipinski definition) is 0. The molecule has 1 aliphatic heterocycles. The summed E-state index contributed by atoms with van der Waals surface area (Å²) in [6, 6.07) is 22.4. The van der Waals surface area contributed by atoms with E-state index in [-0.39, 0.29) is 5.66 Å². The highest BCUT2D eigenvalue weighted by atomic mass is 15.4. The summed E-state index contributed by atoms with van der Waals surface area (Å²) in [4.78, 5) is 5.39. The maximum absolute atomic E-state index is 2.70. The molecule has 1 heterocycles. The predicted molar refractivity (Wildman–Crippen MR) is 134 cm³/mol. The molecule has 2 aromatic carbocycles. The van der Waals surface area contributed by atoms with E-state index in [0.717, 1.165) is 25.9 Å². The average Bonchev–Trinajstić information content (AvgIpc) is 3.13. The van der Waals surface area contributed by atoms with E-state index in [1.807, 2.05) is 0 Å². The molecule has 0 radical (unpaired) electrons. The van der Waals surface area contributed by atoms with Crippen LogP contribution in [0.4, 0.5) is 0 Å². The van der Waals surface area contributed by atoms with E-state index in [0.29, 0.717) is 5.92 Å². The van der Waals surface area contributed by atoms with Gasteiger partial charge in [0, 0.05) is 37.8 Å². The molecule has 2 heteroatoms. The summed E-state index contributed by atoms with van der Waals surface area (Å²) in [5.41, 5.74) is 2.85. The van der Waals surface area contributed by atoms with Crippen LogP contribution < -0.4 is 0 Å². The maximum Gasteiger partial charge on any atom is 0.123 e. The zero-order valence-corrected chi connectivity index (χ0v) is 20.0. The van der Waals surface area contributed by atoms with Crippen LogP contribution in [0.2, 0.25) is 0 Å². The first-order chi connectivity index (χ1) is 15.3. The van der Waals surface area contributed by atoms with Crippen molar-refractivity contribution >= 4 is 0 Å². The second-order valence-corrected chi connectivity index (χ2v) is 9.01. The van der Waals surface area contributed by atoms with Gasteiger partial charge in [-0.3, -0.25) is 0 Å². The van der Waals surface area contributed by atoms with Gasteiger partial charge < -0.3 is 9.80 Å². The highest BCUT2D eigenvalue weighted by Crippen LogP contribution is 2.45. The topological polar surface area (TPSA) is 6.48 Å². The predicted octanol–water partition coefficient (Wildman–Crippen LogP) is 7.59. The molecule has 0 N–H and O–H groups in total. The number of hydrogen-bond acceptors (Lipinski definition) is 2. The van der Waals surface area contributed by atoms with E-state index in [2.05, 4.69) is 104 Å². The third-order valence-electron chi connectivity index (χ3n) is 6.90. The first kappa shape index (κ1) is 23.4. The molecular formula is C29H42N2. The van der Waals surface area contributed by atoms with Gasteiger partial charge in [0.2, 0.25) is 0 Å². The quantitative estimate of drug-likeness (QED) is 0.309. The highest BCUT2D eigenvalue weighted by molar-refractivity contribution is 5.30. The molecule has 168 valence electrons. The summed E-state index contributed by atoms with van der Waals surface area (Å²) in [6.07, 6.45) is 14.6. The molecular weight excluding hydrogens is 376 g/mol. The molecule has 0 spiro atoms. The lowest BCUT2D eigenvalue weighted by Gasteiger charge is -2.51. The molecule has 0 bridgehead atoms. The van der Waals surface area contributed by atoms with E-state index in [4.69, 9.17) is 0 Å². The van der Waals surface area contributed by atoms with Crippen LogP contribution in [0.25, 0.3) is 0 Å². The van der Waals surface area contributed by atoms with Crippen LogP contribution in [0.1, 0.15) is 82.8 Å². The zero-order valence-electron chi connectivity index (χ0n) is 20.0. The fourth-order valence-electron chi connectivity index (χ4n) is 5.32. The Labute approximate surface area is 191 Å². The average molecular weight is 419 g/mol. The van der Waals surface area contributed by atoms with E-state index >= 15 is 0 Å². The maximum atomic E-state index is 2.70. The summed E-state index contributed by atoms with van der Waals surface area (Å²) in [7, 11) is 0. The van der Waals surface area contributed by atoms with Crippen LogP contribution >= 0.6 is 0 Å². The van der Waals surface area contributed by atoms with Crippen LogP contribution in [-0.4, -0.2) is 28.6 Å². The van der Waals surface area contributed by atoms with Gasteiger partial charge in [-0.25, -0.2) is 0 Å². The molecule has 31 heavy (non-hydrogen) atoms. The molecule has 1 unspecified atom stereocenters. The molecule has 2 aromatic rings. The van der Waals surface area contributed by atoms with Gasteiger partial charge in [-0.2, -0.15) is 0 Å². The number of benzene rings is 2. The lowest BCUT2D eigenvalue weighted by molar-refractivity contribution is -0.00367. The Hall–Kier alpha value is -2.22. The Bertz CT molecular complexity index is 748. The monoisotopic (exact) mass is 418 g/mol. The van der Waals surface area contributed by atoms with Crippen LogP contribution in [0, 0.1) is 0 Å². The van der Waals surface area contributed by atoms with Crippen molar-refractivity contribution in [1.29, 1.82) is 0 Å². The summed E-state index contributed by atoms with van der Waals surface area (Å²) in [5, 5.41) is 0. The minimum atomic E-state index is -0.0427. The molecule has 2 nitrogen and oxygen atoms in total. The Morgan fingerprint density at radius 2 is 1.19 bits per heavy atom. The number of nitrogens with zero attached hydrogens (tertiary/aromatic N) is 2. The summed E-state index contributed by atoms with van der Waals surface area (Å²) in [5.74, 6) is 0.451. The second-order valence-electron chi connectivity index (χ2n) is 9.01. The van der Waals surface area contributed by atoms with Crippen LogP contribution in [0.15, 0.2) is 73.1 Å². The Balaban J connectivity index is 2.04. The van der Waals surface area contributed by atoms with Crippen molar-refractivity contribution in [3.8, 4) is 0 Å². The van der Waals surface area contributed by atoms with Crippen LogP contribution in [0.5, 0.6) is 0 Å². The fourth-order valence-corrected chi connectivity index (χ4v) is 5.32. The largest absolute Gasteiger partial charge is 0.353 e. The van der Waals surface area contributed by atoms with Crippen molar-refractivity contribution in [1.82, 2.24) is 9.80 Å². The standard InChI is InChI=1S/C29H42N2/c1-4-7-15-21-30-23-24-31(22-16-8-5-2)29(30,25-26-17-11-9-12-18-26)28(6-3)27-19-13-10-14-20-27/h9-14,17-20,23-24,28H,4-8,15-16,21-22,25H2,1-3H3. The van der Waals surface area contributed by atoms with E-state index < -0.39 is 0 Å². The van der Waals surface area contributed by atoms with Gasteiger partial charge in [0.25, 0.3) is 0 Å². The lowest BCUT2D eigenvalue weighted by atomic mass is 9.78. The lowest BCUT2D eigenvalue weighted by Crippen LogP contribution is -2.59. The van der Waals surface area contributed by atoms with Gasteiger partial charge >= 0.3 is 0 Å². The summed E-state index contributed by atoms with van der Waals surface area (Å²) in [6.45, 7) is 9.23. The first-order valence-electron chi connectivity index (χ1n) is 12.6. The minimum absolute atomic E-state index is 0.0427. The normalized spacial score (nSPS) is 16.1. The third kappa shape index (κ3) is 5.53. The summed E-state index contributed by atoms with van der Waals surface area (Å²) >= 11 is 0. The first-order valence-corrected chi connectivity index (χ1v) is 12.6. The van der Waals surface area contributed by atoms with Crippen molar-refractivity contribution in [2.45, 2.75) is 83.7 Å². The molecule has 1 atom stereocenters. The van der Waals surface area contributed by atoms with Crippen molar-refractivity contribution in [3.05, 3.63) is 84.2 Å². The van der Waals surface area contributed by atoms with Gasteiger partial charge in [-0.05, 0) is 30.4 Å². The zero-order chi connectivity index (χ0) is 21.9. The summed E-state index contributed by atoms with van der Waals surface area (Å²) < 4.78 is 0. The van der Waals surface area contributed by atoms with Gasteiger partial charge in [0.1, 0.15) is 5.66 Å². The second kappa shape index (κ2) is 12.0. The highest BCUT2D eigenvalue weighted by Gasteiger charge is 2.49. The van der Waals surface area contributed by atoms with E-state index in [9.17, 15) is 0 Å². The molecule has 1 aliphatic rings. The van der Waals surface area contributed by atoms with Crippen molar-refractivity contribution < 1.29 is 0 Å². The van der Waals surface area contributed by atoms with Crippen molar-refractivity contribution in [2.75, 3.05) is 13.1 Å². The smallest absolute Gasteiger partial charge is 0.123 e. The SMILES string of the molecule is CCCCCN1C=CN(CCCCC)C1(Cc1ccccc1)C(CC)c1ccccc1. The van der Waals surface area contributed by atoms with Crippen LogP contribution in [0.3, 0.4) is 0 Å². The minimum Gasteiger partial charge on any atom is -0.353 e. The van der Waals surface area contributed by atoms with E-state index in [1.165, 1.54) is 49.7 Å².